The summed E-state index contributed by atoms with van der Waals surface area (Å²) in [5.41, 5.74) is 0.880. The predicted molar refractivity (Wildman–Crippen MR) is 159 cm³/mol. The third-order valence-electron chi connectivity index (χ3n) is 9.90. The monoisotopic (exact) mass is 555 g/mol. The van der Waals surface area contributed by atoms with E-state index in [0.29, 0.717) is 24.2 Å². The fourth-order valence-electron chi connectivity index (χ4n) is 7.91. The molecule has 5 rings (SSSR count). The van der Waals surface area contributed by atoms with E-state index in [-0.39, 0.29) is 39.8 Å². The van der Waals surface area contributed by atoms with Crippen molar-refractivity contribution in [3.8, 4) is 22.6 Å². The average Bonchev–Trinajstić information content (AvgIpc) is 2.90. The van der Waals surface area contributed by atoms with Crippen LogP contribution in [0.3, 0.4) is 0 Å². The van der Waals surface area contributed by atoms with Gasteiger partial charge in [-0.1, -0.05) is 45.6 Å². The molecule has 3 aliphatic carbocycles. The zero-order valence-electron chi connectivity index (χ0n) is 24.4. The largest absolute Gasteiger partial charge is 0.510 e. The molecule has 7 nitrogen and oxygen atoms in total. The summed E-state index contributed by atoms with van der Waals surface area (Å²) < 4.78 is 5.65. The number of aliphatic hydroxyl groups excluding tert-OH is 2. The number of phenolic OH excluding ortho intramolecular Hbond substituents is 1. The van der Waals surface area contributed by atoms with Crippen LogP contribution in [-0.4, -0.2) is 39.7 Å². The van der Waals surface area contributed by atoms with Crippen LogP contribution in [0.15, 0.2) is 53.8 Å². The highest BCUT2D eigenvalue weighted by atomic mass is 16.5. The Morgan fingerprint density at radius 1 is 1.15 bits per heavy atom. The second-order valence-corrected chi connectivity index (χ2v) is 12.3. The maximum atomic E-state index is 14.5. The van der Waals surface area contributed by atoms with E-state index in [2.05, 4.69) is 6.58 Å². The van der Waals surface area contributed by atoms with Gasteiger partial charge >= 0.3 is 0 Å². The lowest BCUT2D eigenvalue weighted by molar-refractivity contribution is -0.140. The molecule has 0 radical (unpaired) electrons. The summed E-state index contributed by atoms with van der Waals surface area (Å²) >= 11 is 0. The number of ketones is 2. The first kappa shape index (κ1) is 28.4. The molecule has 41 heavy (non-hydrogen) atoms. The Kier molecular flexibility index (Phi) is 6.56. The van der Waals surface area contributed by atoms with Crippen LogP contribution in [0.5, 0.6) is 11.5 Å². The fraction of sp³-hybridized carbons (Fsp3) is 0.382. The number of allylic oxidation sites excluding steroid dienone is 3. The lowest BCUT2D eigenvalue weighted by atomic mass is 9.42. The normalized spacial score (nSPS) is 27.4. The van der Waals surface area contributed by atoms with Gasteiger partial charge in [0.05, 0.1) is 23.7 Å². The first-order valence-corrected chi connectivity index (χ1v) is 13.9. The SMILES string of the molecule is C=Cc1ccc(OC)c(-c2ccc(O)c3c2C[C@H]2C[C@@]4(C)[C@@H](C(C)C)C(=N)C(C(C)=O)=C(O)[C@@]4(C)C(=O)C2=C3O)c1. The smallest absolute Gasteiger partial charge is 0.176 e. The molecule has 0 heterocycles. The van der Waals surface area contributed by atoms with Gasteiger partial charge in [-0.2, -0.15) is 0 Å². The molecular weight excluding hydrogens is 518 g/mol. The molecule has 214 valence electrons. The van der Waals surface area contributed by atoms with Crippen molar-refractivity contribution in [3.63, 3.8) is 0 Å². The average molecular weight is 556 g/mol. The molecule has 0 saturated heterocycles. The number of aliphatic hydroxyl groups is 2. The number of hydrogen-bond acceptors (Lipinski definition) is 7. The van der Waals surface area contributed by atoms with Crippen molar-refractivity contribution in [2.24, 2.45) is 28.6 Å². The van der Waals surface area contributed by atoms with E-state index in [9.17, 15) is 24.9 Å². The molecule has 3 aliphatic rings. The molecule has 0 amide bonds. The van der Waals surface area contributed by atoms with E-state index < -0.39 is 40.0 Å². The van der Waals surface area contributed by atoms with Crippen molar-refractivity contribution < 1.29 is 29.6 Å². The van der Waals surface area contributed by atoms with E-state index in [0.717, 1.165) is 16.7 Å². The number of carbonyl (C=O) groups excluding carboxylic acids is 2. The van der Waals surface area contributed by atoms with Crippen LogP contribution < -0.4 is 4.74 Å². The van der Waals surface area contributed by atoms with Crippen molar-refractivity contribution in [2.75, 3.05) is 7.11 Å². The van der Waals surface area contributed by atoms with Gasteiger partial charge in [-0.05, 0) is 78.8 Å². The summed E-state index contributed by atoms with van der Waals surface area (Å²) in [6, 6.07) is 8.94. The summed E-state index contributed by atoms with van der Waals surface area (Å²) in [7, 11) is 1.58. The topological polar surface area (TPSA) is 128 Å². The number of Topliss-reactive ketones (excluding diaryl/α,β-unsaturated/α-hetero) is 2. The Hall–Kier alpha value is -4.13. The van der Waals surface area contributed by atoms with Crippen LogP contribution >= 0.6 is 0 Å². The predicted octanol–water partition coefficient (Wildman–Crippen LogP) is 6.84. The number of ether oxygens (including phenoxy) is 1. The lowest BCUT2D eigenvalue weighted by Crippen LogP contribution is -2.62. The van der Waals surface area contributed by atoms with Crippen LogP contribution in [-0.2, 0) is 16.0 Å². The summed E-state index contributed by atoms with van der Waals surface area (Å²) in [4.78, 5) is 27.2. The van der Waals surface area contributed by atoms with Crippen LogP contribution in [0.2, 0.25) is 0 Å². The van der Waals surface area contributed by atoms with Crippen molar-refractivity contribution in [3.05, 3.63) is 70.5 Å². The minimum atomic E-state index is -1.54. The van der Waals surface area contributed by atoms with Gasteiger partial charge in [-0.3, -0.25) is 9.59 Å². The maximum absolute atomic E-state index is 14.5. The number of rotatable bonds is 5. The second-order valence-electron chi connectivity index (χ2n) is 12.3. The number of methoxy groups -OCH3 is 1. The van der Waals surface area contributed by atoms with Gasteiger partial charge in [-0.15, -0.1) is 0 Å². The number of aromatic hydroxyl groups is 1. The number of nitrogens with one attached hydrogen (secondary N) is 1. The van der Waals surface area contributed by atoms with Gasteiger partial charge in [0.2, 0.25) is 0 Å². The quantitative estimate of drug-likeness (QED) is 0.320. The van der Waals surface area contributed by atoms with Gasteiger partial charge in [0, 0.05) is 22.8 Å². The van der Waals surface area contributed by atoms with Gasteiger partial charge in [-0.25, -0.2) is 0 Å². The molecular formula is C34H37NO6. The van der Waals surface area contributed by atoms with Gasteiger partial charge in [0.1, 0.15) is 23.0 Å². The molecule has 0 spiro atoms. The third-order valence-corrected chi connectivity index (χ3v) is 9.90. The molecule has 0 unspecified atom stereocenters. The Labute approximate surface area is 240 Å². The second kappa shape index (κ2) is 9.47. The first-order chi connectivity index (χ1) is 19.2. The molecule has 1 saturated carbocycles. The van der Waals surface area contributed by atoms with Crippen LogP contribution in [0.25, 0.3) is 23.0 Å². The first-order valence-electron chi connectivity index (χ1n) is 13.9. The van der Waals surface area contributed by atoms with Gasteiger partial charge < -0.3 is 25.5 Å². The highest BCUT2D eigenvalue weighted by Gasteiger charge is 2.67. The number of carbonyl (C=O) groups is 2. The summed E-state index contributed by atoms with van der Waals surface area (Å²) in [5.74, 6) is -2.24. The Bertz CT molecular complexity index is 1610. The molecule has 4 atom stereocenters. The molecule has 0 bridgehead atoms. The summed E-state index contributed by atoms with van der Waals surface area (Å²) in [6.45, 7) is 12.6. The van der Waals surface area contributed by atoms with E-state index in [1.165, 1.54) is 13.0 Å². The number of benzene rings is 2. The van der Waals surface area contributed by atoms with Crippen molar-refractivity contribution in [2.45, 2.75) is 47.5 Å². The standard InChI is InChI=1S/C34H37NO6/c1-8-18-9-12-24(41-7)21(13-18)20-10-11-23(37)27-22(20)14-19-15-33(5)28(16(2)3)29(35)25(17(4)36)31(39)34(33,6)32(40)26(19)30(27)38/h8-13,16,19,28,35,37-39H,1,14-15H2,2-7H3/t19-,28-,33-,34-/m0/s1. The van der Waals surface area contributed by atoms with Crippen molar-refractivity contribution in [1.82, 2.24) is 0 Å². The molecule has 2 aromatic carbocycles. The zero-order chi connectivity index (χ0) is 30.2. The molecule has 2 aromatic rings. The van der Waals surface area contributed by atoms with E-state index in [4.69, 9.17) is 10.1 Å². The highest BCUT2D eigenvalue weighted by molar-refractivity contribution is 6.24. The van der Waals surface area contributed by atoms with Crippen molar-refractivity contribution in [1.29, 1.82) is 5.41 Å². The Morgan fingerprint density at radius 2 is 1.83 bits per heavy atom. The third kappa shape index (κ3) is 3.67. The van der Waals surface area contributed by atoms with E-state index in [1.54, 1.807) is 26.2 Å². The minimum absolute atomic E-state index is 0.0509. The van der Waals surface area contributed by atoms with Crippen LogP contribution in [0.4, 0.5) is 0 Å². The molecule has 7 heteroatoms. The minimum Gasteiger partial charge on any atom is -0.510 e. The summed E-state index contributed by atoms with van der Waals surface area (Å²) in [5, 5.41) is 43.2. The number of hydrogen-bond donors (Lipinski definition) is 4. The Morgan fingerprint density at radius 3 is 2.41 bits per heavy atom. The molecule has 0 aromatic heterocycles. The maximum Gasteiger partial charge on any atom is 0.176 e. The van der Waals surface area contributed by atoms with Crippen molar-refractivity contribution >= 4 is 29.1 Å². The highest BCUT2D eigenvalue weighted by Crippen LogP contribution is 2.65. The fourth-order valence-corrected chi connectivity index (χ4v) is 7.91. The molecule has 4 N–H and O–H groups in total. The van der Waals surface area contributed by atoms with Gasteiger partial charge in [0.25, 0.3) is 0 Å². The Balaban J connectivity index is 1.79. The van der Waals surface area contributed by atoms with E-state index >= 15 is 0 Å². The lowest BCUT2D eigenvalue weighted by Gasteiger charge is -2.59. The van der Waals surface area contributed by atoms with Crippen LogP contribution in [0, 0.1) is 34.0 Å². The zero-order valence-corrected chi connectivity index (χ0v) is 24.4. The molecule has 1 fully saturated rings. The number of fused-ring (bicyclic) bond motifs is 3. The van der Waals surface area contributed by atoms with Gasteiger partial charge in [0.15, 0.2) is 11.6 Å². The molecule has 0 aliphatic heterocycles. The van der Waals surface area contributed by atoms with E-state index in [1.807, 2.05) is 39.0 Å². The number of phenols is 1. The van der Waals surface area contributed by atoms with Crippen LogP contribution in [0.1, 0.15) is 57.7 Å². The summed E-state index contributed by atoms with van der Waals surface area (Å²) in [6.07, 6.45) is 2.46.